The molecule has 1 fully saturated rings. The van der Waals surface area contributed by atoms with Crippen molar-refractivity contribution in [3.8, 4) is 0 Å². The zero-order chi connectivity index (χ0) is 19.1. The first-order valence-corrected chi connectivity index (χ1v) is 9.89. The largest absolute Gasteiger partial charge is 0.466 e. The molecule has 0 aliphatic carbocycles. The molecule has 0 saturated carbocycles. The molecule has 1 aromatic rings. The Morgan fingerprint density at radius 1 is 1.35 bits per heavy atom. The van der Waals surface area contributed by atoms with E-state index in [1.807, 2.05) is 0 Å². The minimum Gasteiger partial charge on any atom is -0.466 e. The molecule has 26 heavy (non-hydrogen) atoms. The van der Waals surface area contributed by atoms with Crippen LogP contribution in [0.5, 0.6) is 0 Å². The molecule has 5 nitrogen and oxygen atoms in total. The summed E-state index contributed by atoms with van der Waals surface area (Å²) in [5.41, 5.74) is 0.279. The Kier molecular flexibility index (Phi) is 8.03. The van der Waals surface area contributed by atoms with Crippen LogP contribution in [0.15, 0.2) is 22.7 Å². The van der Waals surface area contributed by atoms with E-state index in [1.165, 1.54) is 12.1 Å². The molecule has 0 aromatic heterocycles. The average molecular weight is 429 g/mol. The lowest BCUT2D eigenvalue weighted by atomic mass is 10.1. The molecule has 2 rings (SSSR count). The quantitative estimate of drug-likeness (QED) is 0.594. The summed E-state index contributed by atoms with van der Waals surface area (Å²) in [5, 5.41) is 0. The number of carbonyl (C=O) groups excluding carboxylic acids is 2. The van der Waals surface area contributed by atoms with E-state index in [0.29, 0.717) is 17.6 Å². The van der Waals surface area contributed by atoms with Gasteiger partial charge in [-0.1, -0.05) is 22.9 Å². The van der Waals surface area contributed by atoms with Crippen LogP contribution < -0.4 is 0 Å². The molecule has 144 valence electrons. The number of halogens is 2. The van der Waals surface area contributed by atoms with E-state index < -0.39 is 5.82 Å². The number of nitrogens with zero attached hydrogens (tertiary/aromatic N) is 2. The smallest absolute Gasteiger partial charge is 0.307 e. The Bertz CT molecular complexity index is 621. The van der Waals surface area contributed by atoms with Crippen molar-refractivity contribution in [3.63, 3.8) is 0 Å². The van der Waals surface area contributed by atoms with Gasteiger partial charge in [-0.2, -0.15) is 0 Å². The highest BCUT2D eigenvalue weighted by Crippen LogP contribution is 2.21. The van der Waals surface area contributed by atoms with Crippen LogP contribution in [0, 0.1) is 5.82 Å². The second-order valence-electron chi connectivity index (χ2n) is 6.39. The van der Waals surface area contributed by atoms with Gasteiger partial charge in [0.15, 0.2) is 0 Å². The SMILES string of the molecule is CCOC(=O)CCN(C[C@@H]1CCCN1CC)C(=O)c1cc(F)cc(Br)c1. The van der Waals surface area contributed by atoms with Crippen molar-refractivity contribution in [1.82, 2.24) is 9.80 Å². The topological polar surface area (TPSA) is 49.9 Å². The van der Waals surface area contributed by atoms with E-state index in [4.69, 9.17) is 4.74 Å². The Hall–Kier alpha value is -1.47. The van der Waals surface area contributed by atoms with Crippen molar-refractivity contribution in [3.05, 3.63) is 34.1 Å². The van der Waals surface area contributed by atoms with E-state index >= 15 is 0 Å². The lowest BCUT2D eigenvalue weighted by Gasteiger charge is -2.30. The van der Waals surface area contributed by atoms with Crippen LogP contribution in [0.1, 0.15) is 43.5 Å². The third-order valence-corrected chi connectivity index (χ3v) is 5.08. The fourth-order valence-electron chi connectivity index (χ4n) is 3.37. The zero-order valence-electron chi connectivity index (χ0n) is 15.3. The van der Waals surface area contributed by atoms with Gasteiger partial charge in [-0.15, -0.1) is 0 Å². The van der Waals surface area contributed by atoms with Gasteiger partial charge in [0.25, 0.3) is 5.91 Å². The number of hydrogen-bond acceptors (Lipinski definition) is 4. The Labute approximate surface area is 162 Å². The molecule has 0 radical (unpaired) electrons. The van der Waals surface area contributed by atoms with Crippen LogP contribution in [-0.2, 0) is 9.53 Å². The van der Waals surface area contributed by atoms with E-state index in [1.54, 1.807) is 17.9 Å². The summed E-state index contributed by atoms with van der Waals surface area (Å²) >= 11 is 3.23. The lowest BCUT2D eigenvalue weighted by molar-refractivity contribution is -0.143. The first-order valence-electron chi connectivity index (χ1n) is 9.09. The molecule has 1 heterocycles. The van der Waals surface area contributed by atoms with Crippen molar-refractivity contribution in [2.24, 2.45) is 0 Å². The lowest BCUT2D eigenvalue weighted by Crippen LogP contribution is -2.44. The third kappa shape index (κ3) is 5.77. The molecular formula is C19H26BrFN2O3. The Morgan fingerprint density at radius 3 is 2.77 bits per heavy atom. The van der Waals surface area contributed by atoms with Gasteiger partial charge in [-0.25, -0.2) is 4.39 Å². The van der Waals surface area contributed by atoms with Crippen LogP contribution >= 0.6 is 15.9 Å². The van der Waals surface area contributed by atoms with Gasteiger partial charge < -0.3 is 9.64 Å². The fourth-order valence-corrected chi connectivity index (χ4v) is 3.83. The Morgan fingerprint density at radius 2 is 2.12 bits per heavy atom. The van der Waals surface area contributed by atoms with Gasteiger partial charge in [0.2, 0.25) is 0 Å². The number of likely N-dealkylation sites (tertiary alicyclic amines) is 1. The monoisotopic (exact) mass is 428 g/mol. The highest BCUT2D eigenvalue weighted by molar-refractivity contribution is 9.10. The predicted octanol–water partition coefficient (Wildman–Crippen LogP) is 3.47. The zero-order valence-corrected chi connectivity index (χ0v) is 16.9. The van der Waals surface area contributed by atoms with Crippen LogP contribution in [0.25, 0.3) is 0 Å². The minimum atomic E-state index is -0.468. The van der Waals surface area contributed by atoms with Crippen molar-refractivity contribution in [2.45, 2.75) is 39.2 Å². The highest BCUT2D eigenvalue weighted by atomic mass is 79.9. The highest BCUT2D eigenvalue weighted by Gasteiger charge is 2.28. The first kappa shape index (κ1) is 20.8. The number of amides is 1. The summed E-state index contributed by atoms with van der Waals surface area (Å²) in [7, 11) is 0. The number of hydrogen-bond donors (Lipinski definition) is 0. The Balaban J connectivity index is 2.15. The summed E-state index contributed by atoms with van der Waals surface area (Å²) in [6.45, 7) is 6.91. The van der Waals surface area contributed by atoms with E-state index in [0.717, 1.165) is 25.9 Å². The predicted molar refractivity (Wildman–Crippen MR) is 102 cm³/mol. The molecule has 0 spiro atoms. The first-order chi connectivity index (χ1) is 12.4. The van der Waals surface area contributed by atoms with Crippen LogP contribution in [0.2, 0.25) is 0 Å². The number of benzene rings is 1. The maximum Gasteiger partial charge on any atom is 0.307 e. The number of likely N-dealkylation sites (N-methyl/N-ethyl adjacent to an activating group) is 1. The van der Waals surface area contributed by atoms with Crippen molar-refractivity contribution >= 4 is 27.8 Å². The van der Waals surface area contributed by atoms with Crippen LogP contribution in [0.4, 0.5) is 4.39 Å². The fraction of sp³-hybridized carbons (Fsp3) is 0.579. The van der Waals surface area contributed by atoms with Crippen molar-refractivity contribution in [2.75, 3.05) is 32.8 Å². The summed E-state index contributed by atoms with van der Waals surface area (Å²) in [6.07, 6.45) is 2.25. The van der Waals surface area contributed by atoms with Gasteiger partial charge in [-0.05, 0) is 51.1 Å². The molecule has 7 heteroatoms. The number of esters is 1. The van der Waals surface area contributed by atoms with E-state index in [2.05, 4.69) is 27.8 Å². The third-order valence-electron chi connectivity index (χ3n) is 4.62. The van der Waals surface area contributed by atoms with Gasteiger partial charge in [0.1, 0.15) is 5.82 Å². The normalized spacial score (nSPS) is 17.3. The second kappa shape index (κ2) is 10.0. The van der Waals surface area contributed by atoms with Gasteiger partial charge in [-0.3, -0.25) is 14.5 Å². The molecular weight excluding hydrogens is 403 g/mol. The molecule has 0 N–H and O–H groups in total. The minimum absolute atomic E-state index is 0.134. The van der Waals surface area contributed by atoms with Crippen molar-refractivity contribution in [1.29, 1.82) is 0 Å². The van der Waals surface area contributed by atoms with E-state index in [-0.39, 0.29) is 36.4 Å². The summed E-state index contributed by atoms with van der Waals surface area (Å²) in [4.78, 5) is 28.7. The molecule has 1 atom stereocenters. The summed E-state index contributed by atoms with van der Waals surface area (Å²) in [5.74, 6) is -1.06. The maximum atomic E-state index is 13.7. The van der Waals surface area contributed by atoms with Crippen molar-refractivity contribution < 1.29 is 18.7 Å². The van der Waals surface area contributed by atoms with Gasteiger partial charge in [0.05, 0.1) is 13.0 Å². The van der Waals surface area contributed by atoms with Gasteiger partial charge >= 0.3 is 5.97 Å². The number of rotatable bonds is 8. The molecule has 1 aromatic carbocycles. The molecule has 1 aliphatic heterocycles. The standard InChI is InChI=1S/C19H26BrFN2O3/c1-3-22-8-5-6-17(22)13-23(9-7-18(24)26-4-2)19(25)14-10-15(20)12-16(21)11-14/h10-12,17H,3-9,13H2,1-2H3/t17-/m0/s1. The van der Waals surface area contributed by atoms with Crippen LogP contribution in [-0.4, -0.2) is 60.5 Å². The molecule has 0 unspecified atom stereocenters. The molecule has 1 amide bonds. The average Bonchev–Trinajstić information content (AvgIpc) is 3.04. The molecule has 0 bridgehead atoms. The van der Waals surface area contributed by atoms with Gasteiger partial charge in [0, 0.05) is 29.2 Å². The summed E-state index contributed by atoms with van der Waals surface area (Å²) < 4.78 is 19.2. The van der Waals surface area contributed by atoms with Crippen LogP contribution in [0.3, 0.4) is 0 Å². The second-order valence-corrected chi connectivity index (χ2v) is 7.30. The molecule has 1 aliphatic rings. The van der Waals surface area contributed by atoms with E-state index in [9.17, 15) is 14.0 Å². The summed E-state index contributed by atoms with van der Waals surface area (Å²) in [6, 6.07) is 4.42. The number of carbonyl (C=O) groups is 2. The maximum absolute atomic E-state index is 13.7. The molecule has 1 saturated heterocycles. The number of ether oxygens (including phenoxy) is 1.